The second kappa shape index (κ2) is 3.38. The zero-order chi connectivity index (χ0) is 11.0. The Hall–Kier alpha value is -2.29. The molecule has 2 aromatic carbocycles. The minimum absolute atomic E-state index is 0.566. The van der Waals surface area contributed by atoms with Gasteiger partial charge in [0.25, 0.3) is 5.69 Å². The summed E-state index contributed by atoms with van der Waals surface area (Å²) in [4.78, 5) is 0.569. The highest BCUT2D eigenvalue weighted by Gasteiger charge is 2.17. The maximum atomic E-state index is 11.7. The molecule has 0 unspecified atom stereocenters. The standard InChI is InChI=1S/C13H9NO2/c15-14-13(10-6-2-1-3-7-10)11-8-4-5-9-12(11)16-14/h1-9H. The molecule has 0 N–H and O–H groups in total. The van der Waals surface area contributed by atoms with Crippen molar-refractivity contribution in [1.82, 2.24) is 0 Å². The van der Waals surface area contributed by atoms with Crippen LogP contribution in [0.2, 0.25) is 0 Å². The van der Waals surface area contributed by atoms with Crippen LogP contribution in [0.1, 0.15) is 0 Å². The van der Waals surface area contributed by atoms with Crippen molar-refractivity contribution < 1.29 is 9.43 Å². The molecule has 3 nitrogen and oxygen atoms in total. The van der Waals surface area contributed by atoms with Crippen LogP contribution in [0.3, 0.4) is 0 Å². The van der Waals surface area contributed by atoms with E-state index in [1.54, 1.807) is 6.07 Å². The highest BCUT2D eigenvalue weighted by molar-refractivity contribution is 5.89. The number of fused-ring (bicyclic) bond motifs is 1. The van der Waals surface area contributed by atoms with Crippen LogP contribution < -0.4 is 4.90 Å². The first-order valence-electron chi connectivity index (χ1n) is 5.03. The number of para-hydroxylation sites is 1. The summed E-state index contributed by atoms with van der Waals surface area (Å²) in [5.41, 5.74) is 2.04. The lowest BCUT2D eigenvalue weighted by atomic mass is 10.1. The quantitative estimate of drug-likeness (QED) is 0.580. The normalized spacial score (nSPS) is 10.8. The fraction of sp³-hybridized carbons (Fsp3) is 0. The van der Waals surface area contributed by atoms with Crippen LogP contribution >= 0.6 is 0 Å². The SMILES string of the molecule is [O-][n+]1oc2ccccc2c1-c1ccccc1. The van der Waals surface area contributed by atoms with E-state index in [9.17, 15) is 5.21 Å². The van der Waals surface area contributed by atoms with E-state index in [1.165, 1.54) is 0 Å². The molecule has 0 spiro atoms. The van der Waals surface area contributed by atoms with Crippen molar-refractivity contribution >= 4 is 11.0 Å². The van der Waals surface area contributed by atoms with Gasteiger partial charge in [0.2, 0.25) is 0 Å². The van der Waals surface area contributed by atoms with Gasteiger partial charge in [0.1, 0.15) is 0 Å². The first-order chi connectivity index (χ1) is 7.86. The first kappa shape index (κ1) is 8.97. The number of nitrogens with zero attached hydrogens (tertiary/aromatic N) is 1. The average Bonchev–Trinajstić information content (AvgIpc) is 2.66. The van der Waals surface area contributed by atoms with Gasteiger partial charge in [-0.2, -0.15) is 0 Å². The Morgan fingerprint density at radius 2 is 1.56 bits per heavy atom. The number of rotatable bonds is 1. The van der Waals surface area contributed by atoms with Gasteiger partial charge in [-0.3, -0.25) is 5.21 Å². The fourth-order valence-electron chi connectivity index (χ4n) is 1.83. The van der Waals surface area contributed by atoms with E-state index in [1.807, 2.05) is 48.5 Å². The zero-order valence-electron chi connectivity index (χ0n) is 8.46. The minimum Gasteiger partial charge on any atom is -0.366 e. The van der Waals surface area contributed by atoms with Crippen molar-refractivity contribution in [3.8, 4) is 11.3 Å². The monoisotopic (exact) mass is 211 g/mol. The number of hydrogen-bond acceptors (Lipinski definition) is 2. The Morgan fingerprint density at radius 3 is 2.38 bits per heavy atom. The molecule has 0 aliphatic rings. The molecule has 0 aliphatic heterocycles. The fourth-order valence-corrected chi connectivity index (χ4v) is 1.83. The van der Waals surface area contributed by atoms with Gasteiger partial charge in [0.05, 0.1) is 21.4 Å². The van der Waals surface area contributed by atoms with Gasteiger partial charge in [-0.25, -0.2) is 0 Å². The lowest BCUT2D eigenvalue weighted by Gasteiger charge is -1.93. The summed E-state index contributed by atoms with van der Waals surface area (Å²) in [6.07, 6.45) is 0. The van der Waals surface area contributed by atoms with Gasteiger partial charge in [-0.15, -0.1) is 0 Å². The van der Waals surface area contributed by atoms with Gasteiger partial charge in [0, 0.05) is 0 Å². The molecule has 0 saturated heterocycles. The van der Waals surface area contributed by atoms with Crippen molar-refractivity contribution in [2.24, 2.45) is 0 Å². The van der Waals surface area contributed by atoms with E-state index in [-0.39, 0.29) is 0 Å². The molecule has 0 aliphatic carbocycles. The first-order valence-corrected chi connectivity index (χ1v) is 5.03. The van der Waals surface area contributed by atoms with Crippen LogP contribution in [-0.4, -0.2) is 0 Å². The Labute approximate surface area is 92.1 Å². The number of benzene rings is 2. The largest absolute Gasteiger partial charge is 0.366 e. The van der Waals surface area contributed by atoms with Gasteiger partial charge in [-0.05, 0) is 24.3 Å². The molecule has 3 rings (SSSR count). The van der Waals surface area contributed by atoms with Gasteiger partial charge in [0.15, 0.2) is 0 Å². The molecule has 3 aromatic rings. The molecule has 0 atom stereocenters. The van der Waals surface area contributed by atoms with E-state index >= 15 is 0 Å². The number of aromatic nitrogens is 1. The van der Waals surface area contributed by atoms with Gasteiger partial charge >= 0.3 is 0 Å². The summed E-state index contributed by atoms with van der Waals surface area (Å²) in [6, 6.07) is 16.9. The Kier molecular flexibility index (Phi) is 1.90. The Balaban J connectivity index is 2.35. The van der Waals surface area contributed by atoms with Gasteiger partial charge in [-0.1, -0.05) is 30.3 Å². The van der Waals surface area contributed by atoms with E-state index in [2.05, 4.69) is 0 Å². The molecule has 0 bridgehead atoms. The van der Waals surface area contributed by atoms with Crippen LogP contribution in [-0.2, 0) is 0 Å². The van der Waals surface area contributed by atoms with Crippen molar-refractivity contribution in [1.29, 1.82) is 0 Å². The zero-order valence-corrected chi connectivity index (χ0v) is 8.46. The van der Waals surface area contributed by atoms with Crippen LogP contribution in [0.25, 0.3) is 22.2 Å². The lowest BCUT2D eigenvalue weighted by Crippen LogP contribution is -2.24. The summed E-state index contributed by atoms with van der Waals surface area (Å²) >= 11 is 0. The van der Waals surface area contributed by atoms with Crippen LogP contribution in [0.4, 0.5) is 0 Å². The number of hydrogen-bond donors (Lipinski definition) is 0. The predicted molar refractivity (Wildman–Crippen MR) is 60.6 cm³/mol. The summed E-state index contributed by atoms with van der Waals surface area (Å²) in [6.45, 7) is 0. The maximum Gasteiger partial charge on any atom is 0.284 e. The predicted octanol–water partition coefficient (Wildman–Crippen LogP) is 2.73. The molecule has 0 fully saturated rings. The van der Waals surface area contributed by atoms with Gasteiger partial charge < -0.3 is 4.52 Å². The summed E-state index contributed by atoms with van der Waals surface area (Å²) < 4.78 is 5.11. The topological polar surface area (TPSA) is 40.1 Å². The van der Waals surface area contributed by atoms with E-state index in [0.717, 1.165) is 10.9 Å². The average molecular weight is 211 g/mol. The van der Waals surface area contributed by atoms with Crippen LogP contribution in [0, 0.1) is 5.21 Å². The second-order valence-corrected chi connectivity index (χ2v) is 3.56. The van der Waals surface area contributed by atoms with E-state index in [0.29, 0.717) is 16.2 Å². The molecular formula is C13H9NO2. The highest BCUT2D eigenvalue weighted by Crippen LogP contribution is 2.25. The Morgan fingerprint density at radius 1 is 0.875 bits per heavy atom. The lowest BCUT2D eigenvalue weighted by molar-refractivity contribution is -0.779. The molecular weight excluding hydrogens is 202 g/mol. The van der Waals surface area contributed by atoms with Crippen molar-refractivity contribution in [3.05, 3.63) is 59.8 Å². The van der Waals surface area contributed by atoms with Crippen LogP contribution in [0.5, 0.6) is 0 Å². The third-order valence-electron chi connectivity index (χ3n) is 2.55. The van der Waals surface area contributed by atoms with Crippen molar-refractivity contribution in [3.63, 3.8) is 0 Å². The molecule has 1 aromatic heterocycles. The van der Waals surface area contributed by atoms with Crippen molar-refractivity contribution in [2.45, 2.75) is 0 Å². The summed E-state index contributed by atoms with van der Waals surface area (Å²) in [5.74, 6) is 0. The van der Waals surface area contributed by atoms with Crippen LogP contribution in [0.15, 0.2) is 59.1 Å². The third-order valence-corrected chi connectivity index (χ3v) is 2.55. The smallest absolute Gasteiger partial charge is 0.284 e. The third kappa shape index (κ3) is 1.26. The van der Waals surface area contributed by atoms with E-state index < -0.39 is 0 Å². The summed E-state index contributed by atoms with van der Waals surface area (Å²) in [5, 5.41) is 12.5. The van der Waals surface area contributed by atoms with E-state index in [4.69, 9.17) is 4.52 Å². The highest BCUT2D eigenvalue weighted by atomic mass is 16.7. The molecule has 3 heteroatoms. The summed E-state index contributed by atoms with van der Waals surface area (Å²) in [7, 11) is 0. The molecule has 0 amide bonds. The molecule has 16 heavy (non-hydrogen) atoms. The maximum absolute atomic E-state index is 11.7. The molecule has 0 radical (unpaired) electrons. The molecule has 0 saturated carbocycles. The molecule has 1 heterocycles. The second-order valence-electron chi connectivity index (χ2n) is 3.56. The van der Waals surface area contributed by atoms with Crippen molar-refractivity contribution in [2.75, 3.05) is 0 Å². The minimum atomic E-state index is 0.566. The molecule has 78 valence electrons. The Bertz CT molecular complexity index is 629.